The topological polar surface area (TPSA) is 42.7 Å². The van der Waals surface area contributed by atoms with Crippen LogP contribution in [0.5, 0.6) is 0 Å². The highest BCUT2D eigenvalue weighted by atomic mass is 35.5. The van der Waals surface area contributed by atoms with Crippen molar-refractivity contribution in [1.82, 2.24) is 20.3 Å². The van der Waals surface area contributed by atoms with Gasteiger partial charge in [-0.25, -0.2) is 13.5 Å². The first kappa shape index (κ1) is 15.6. The number of aromatic nitrogens is 3. The fraction of sp³-hybridized carbons (Fsp3) is 0.846. The molecule has 4 nitrogen and oxygen atoms in total. The molecule has 0 aromatic carbocycles. The summed E-state index contributed by atoms with van der Waals surface area (Å²) in [6, 6.07) is 0.0996. The third-order valence-corrected chi connectivity index (χ3v) is 4.35. The fourth-order valence-corrected chi connectivity index (χ4v) is 3.06. The highest BCUT2D eigenvalue weighted by Crippen LogP contribution is 2.38. The van der Waals surface area contributed by atoms with Crippen LogP contribution in [-0.2, 0) is 0 Å². The first-order chi connectivity index (χ1) is 9.14. The van der Waals surface area contributed by atoms with Gasteiger partial charge in [-0.15, -0.1) is 17.5 Å². The van der Waals surface area contributed by atoms with Crippen LogP contribution in [0, 0.1) is 0 Å². The molecule has 20 heavy (non-hydrogen) atoms. The van der Waals surface area contributed by atoms with Crippen molar-refractivity contribution in [3.05, 3.63) is 11.9 Å². The Balaban J connectivity index is 0.00000147. The van der Waals surface area contributed by atoms with E-state index in [9.17, 15) is 8.78 Å². The zero-order chi connectivity index (χ0) is 13.3. The number of hydrogen-bond donors (Lipinski definition) is 1. The lowest BCUT2D eigenvalue weighted by Gasteiger charge is -2.28. The molecule has 0 amide bonds. The predicted octanol–water partition coefficient (Wildman–Crippen LogP) is 2.92. The van der Waals surface area contributed by atoms with E-state index in [1.165, 1.54) is 0 Å². The van der Waals surface area contributed by atoms with Crippen molar-refractivity contribution in [1.29, 1.82) is 0 Å². The second kappa shape index (κ2) is 6.35. The molecule has 1 N–H and O–H groups in total. The van der Waals surface area contributed by atoms with Crippen molar-refractivity contribution < 1.29 is 8.78 Å². The summed E-state index contributed by atoms with van der Waals surface area (Å²) in [6.45, 7) is 2.04. The van der Waals surface area contributed by atoms with Gasteiger partial charge in [0.1, 0.15) is 0 Å². The predicted molar refractivity (Wildman–Crippen MR) is 74.6 cm³/mol. The van der Waals surface area contributed by atoms with Gasteiger partial charge in [0.25, 0.3) is 0 Å². The number of hydrogen-bond acceptors (Lipinski definition) is 3. The summed E-state index contributed by atoms with van der Waals surface area (Å²) in [6.07, 6.45) is 5.09. The summed E-state index contributed by atoms with van der Waals surface area (Å²) in [5, 5.41) is 11.7. The highest BCUT2D eigenvalue weighted by molar-refractivity contribution is 5.85. The molecule has 1 aromatic heterocycles. The van der Waals surface area contributed by atoms with Gasteiger partial charge < -0.3 is 5.32 Å². The minimum Gasteiger partial charge on any atom is -0.317 e. The summed E-state index contributed by atoms with van der Waals surface area (Å²) in [7, 11) is 0. The molecule has 0 radical (unpaired) electrons. The zero-order valence-electron chi connectivity index (χ0n) is 11.4. The van der Waals surface area contributed by atoms with E-state index in [0.29, 0.717) is 18.8 Å². The molecule has 1 aliphatic carbocycles. The van der Waals surface area contributed by atoms with Crippen LogP contribution in [-0.4, -0.2) is 34.0 Å². The third-order valence-electron chi connectivity index (χ3n) is 4.35. The van der Waals surface area contributed by atoms with E-state index in [1.54, 1.807) is 0 Å². The van der Waals surface area contributed by atoms with Crippen molar-refractivity contribution in [3.8, 4) is 0 Å². The molecular formula is C13H21ClF2N4. The first-order valence-electron chi connectivity index (χ1n) is 7.14. The van der Waals surface area contributed by atoms with Crippen LogP contribution in [0.3, 0.4) is 0 Å². The van der Waals surface area contributed by atoms with Gasteiger partial charge in [-0.2, -0.15) is 0 Å². The maximum absolute atomic E-state index is 13.1. The Bertz CT molecular complexity index is 422. The quantitative estimate of drug-likeness (QED) is 0.913. The van der Waals surface area contributed by atoms with E-state index in [1.807, 2.05) is 10.9 Å². The lowest BCUT2D eigenvalue weighted by molar-refractivity contribution is -0.0451. The molecule has 114 valence electrons. The van der Waals surface area contributed by atoms with Crippen LogP contribution in [0.15, 0.2) is 6.20 Å². The van der Waals surface area contributed by atoms with E-state index in [0.717, 1.165) is 31.6 Å². The summed E-state index contributed by atoms with van der Waals surface area (Å²) in [5.74, 6) is -2.00. The van der Waals surface area contributed by atoms with Crippen LogP contribution >= 0.6 is 12.4 Å². The smallest absolute Gasteiger partial charge is 0.248 e. The maximum Gasteiger partial charge on any atom is 0.248 e. The number of nitrogens with zero attached hydrogens (tertiary/aromatic N) is 3. The molecule has 2 fully saturated rings. The van der Waals surface area contributed by atoms with Crippen molar-refractivity contribution in [3.63, 3.8) is 0 Å². The SMILES string of the molecule is Cl.FC1(F)CCC(n2cc(C3CCNCC3)nn2)CC1. The van der Waals surface area contributed by atoms with Crippen LogP contribution in [0.1, 0.15) is 56.2 Å². The number of piperidine rings is 1. The van der Waals surface area contributed by atoms with Crippen LogP contribution in [0.2, 0.25) is 0 Å². The largest absolute Gasteiger partial charge is 0.317 e. The van der Waals surface area contributed by atoms with Crippen molar-refractivity contribution in [2.24, 2.45) is 0 Å². The number of nitrogens with one attached hydrogen (secondary N) is 1. The Labute approximate surface area is 123 Å². The Morgan fingerprint density at radius 1 is 1.15 bits per heavy atom. The minimum atomic E-state index is -2.48. The molecule has 1 aromatic rings. The van der Waals surface area contributed by atoms with Crippen molar-refractivity contribution >= 4 is 12.4 Å². The van der Waals surface area contributed by atoms with E-state index < -0.39 is 5.92 Å². The Hall–Kier alpha value is -0.750. The van der Waals surface area contributed by atoms with Gasteiger partial charge >= 0.3 is 0 Å². The van der Waals surface area contributed by atoms with Gasteiger partial charge in [-0.3, -0.25) is 0 Å². The van der Waals surface area contributed by atoms with Gasteiger partial charge in [0.05, 0.1) is 11.7 Å². The molecule has 1 saturated heterocycles. The van der Waals surface area contributed by atoms with Crippen molar-refractivity contribution in [2.45, 2.75) is 56.4 Å². The molecule has 0 atom stereocenters. The second-order valence-corrected chi connectivity index (χ2v) is 5.73. The number of rotatable bonds is 2. The normalized spacial score (nSPS) is 24.3. The summed E-state index contributed by atoms with van der Waals surface area (Å²) >= 11 is 0. The van der Waals surface area contributed by atoms with Gasteiger partial charge in [0.2, 0.25) is 5.92 Å². The molecule has 0 spiro atoms. The van der Waals surface area contributed by atoms with E-state index >= 15 is 0 Å². The Morgan fingerprint density at radius 2 is 1.80 bits per heavy atom. The molecule has 0 unspecified atom stereocenters. The monoisotopic (exact) mass is 306 g/mol. The molecule has 2 aliphatic rings. The number of halogens is 3. The summed E-state index contributed by atoms with van der Waals surface area (Å²) in [4.78, 5) is 0. The van der Waals surface area contributed by atoms with E-state index in [2.05, 4.69) is 15.6 Å². The van der Waals surface area contributed by atoms with Gasteiger partial charge in [-0.05, 0) is 38.8 Å². The van der Waals surface area contributed by atoms with Gasteiger partial charge in [-0.1, -0.05) is 5.21 Å². The lowest BCUT2D eigenvalue weighted by atomic mass is 9.92. The third kappa shape index (κ3) is 3.47. The van der Waals surface area contributed by atoms with Crippen molar-refractivity contribution in [2.75, 3.05) is 13.1 Å². The Morgan fingerprint density at radius 3 is 2.45 bits per heavy atom. The minimum absolute atomic E-state index is 0. The molecule has 1 aliphatic heterocycles. The second-order valence-electron chi connectivity index (χ2n) is 5.73. The fourth-order valence-electron chi connectivity index (χ4n) is 3.06. The molecule has 7 heteroatoms. The van der Waals surface area contributed by atoms with Gasteiger partial charge in [0.15, 0.2) is 0 Å². The average Bonchev–Trinajstić information content (AvgIpc) is 2.89. The van der Waals surface area contributed by atoms with E-state index in [-0.39, 0.29) is 31.3 Å². The molecule has 1 saturated carbocycles. The lowest BCUT2D eigenvalue weighted by Crippen LogP contribution is -2.27. The molecular weight excluding hydrogens is 286 g/mol. The standard InChI is InChI=1S/C13H20F2N4.ClH/c14-13(15)5-1-11(2-6-13)19-9-12(17-18-19)10-3-7-16-8-4-10;/h9-11,16H,1-8H2;1H. The van der Waals surface area contributed by atoms with Crippen LogP contribution < -0.4 is 5.32 Å². The maximum atomic E-state index is 13.1. The molecule has 3 rings (SSSR count). The molecule has 0 bridgehead atoms. The average molecular weight is 307 g/mol. The molecule has 2 heterocycles. The zero-order valence-corrected chi connectivity index (χ0v) is 12.2. The summed E-state index contributed by atoms with van der Waals surface area (Å²) < 4.78 is 28.1. The Kier molecular flexibility index (Phi) is 4.96. The highest BCUT2D eigenvalue weighted by Gasteiger charge is 2.36. The first-order valence-corrected chi connectivity index (χ1v) is 7.14. The number of alkyl halides is 2. The summed E-state index contributed by atoms with van der Waals surface area (Å²) in [5.41, 5.74) is 1.03. The van der Waals surface area contributed by atoms with Crippen LogP contribution in [0.25, 0.3) is 0 Å². The van der Waals surface area contributed by atoms with Gasteiger partial charge in [0, 0.05) is 25.0 Å². The van der Waals surface area contributed by atoms with E-state index in [4.69, 9.17) is 0 Å². The van der Waals surface area contributed by atoms with Crippen LogP contribution in [0.4, 0.5) is 8.78 Å².